The van der Waals surface area contributed by atoms with Gasteiger partial charge < -0.3 is 31.5 Å². The Bertz CT molecular complexity index is 703. The molecule has 1 aliphatic rings. The van der Waals surface area contributed by atoms with Crippen LogP contribution in [0.1, 0.15) is 46.0 Å². The number of carbonyl (C=O) groups is 5. The first-order chi connectivity index (χ1) is 15.0. The summed E-state index contributed by atoms with van der Waals surface area (Å²) in [4.78, 5) is 61.9. The first-order valence-electron chi connectivity index (χ1n) is 10.6. The summed E-state index contributed by atoms with van der Waals surface area (Å²) in [6.07, 6.45) is 2.75. The molecule has 6 N–H and O–H groups in total. The predicted molar refractivity (Wildman–Crippen MR) is 119 cm³/mol. The lowest BCUT2D eigenvalue weighted by Crippen LogP contribution is -2.57. The van der Waals surface area contributed by atoms with Crippen LogP contribution < -0.4 is 16.4 Å². The van der Waals surface area contributed by atoms with Crippen molar-refractivity contribution in [2.24, 2.45) is 11.7 Å². The molecular weight excluding hydrogens is 440 g/mol. The van der Waals surface area contributed by atoms with Gasteiger partial charge >= 0.3 is 11.9 Å². The number of amides is 3. The minimum atomic E-state index is -1.31. The minimum absolute atomic E-state index is 0.0112. The van der Waals surface area contributed by atoms with Crippen molar-refractivity contribution >= 4 is 41.4 Å². The molecule has 0 radical (unpaired) electrons. The smallest absolute Gasteiger partial charge is 0.326 e. The van der Waals surface area contributed by atoms with E-state index in [2.05, 4.69) is 10.6 Å². The molecule has 182 valence electrons. The van der Waals surface area contributed by atoms with Gasteiger partial charge in [0, 0.05) is 6.54 Å². The number of likely N-dealkylation sites (tertiary alicyclic amines) is 1. The Morgan fingerprint density at radius 1 is 1.09 bits per heavy atom. The molecule has 4 atom stereocenters. The van der Waals surface area contributed by atoms with Crippen LogP contribution in [0.15, 0.2) is 0 Å². The van der Waals surface area contributed by atoms with Crippen molar-refractivity contribution in [3.05, 3.63) is 0 Å². The molecule has 0 aromatic heterocycles. The third-order valence-electron chi connectivity index (χ3n) is 5.12. The number of nitrogens with two attached hydrogens (primary N) is 1. The fraction of sp³-hybridized carbons (Fsp3) is 0.750. The number of hydrogen-bond acceptors (Lipinski definition) is 7. The summed E-state index contributed by atoms with van der Waals surface area (Å²) >= 11 is 1.48. The Morgan fingerprint density at radius 3 is 2.25 bits per heavy atom. The molecule has 1 heterocycles. The molecule has 4 unspecified atom stereocenters. The van der Waals surface area contributed by atoms with E-state index in [0.29, 0.717) is 31.6 Å². The van der Waals surface area contributed by atoms with E-state index in [4.69, 9.17) is 10.8 Å². The Kier molecular flexibility index (Phi) is 11.5. The van der Waals surface area contributed by atoms with Crippen LogP contribution in [-0.2, 0) is 24.0 Å². The highest BCUT2D eigenvalue weighted by Gasteiger charge is 2.38. The van der Waals surface area contributed by atoms with E-state index >= 15 is 0 Å². The third-order valence-corrected chi connectivity index (χ3v) is 5.76. The summed E-state index contributed by atoms with van der Waals surface area (Å²) < 4.78 is 0. The number of carbonyl (C=O) groups excluding carboxylic acids is 3. The number of carboxylic acid groups (broad SMARTS) is 2. The molecule has 1 rings (SSSR count). The SMILES string of the molecule is CSCCC(NC(=O)C(CC(C)C)NC(=O)C(N)CC(=O)O)C(=O)N1CCCC1C(=O)O. The number of aliphatic carboxylic acids is 2. The monoisotopic (exact) mass is 474 g/mol. The number of nitrogens with one attached hydrogen (secondary N) is 2. The van der Waals surface area contributed by atoms with Gasteiger partial charge in [-0.25, -0.2) is 4.79 Å². The summed E-state index contributed by atoms with van der Waals surface area (Å²) in [6.45, 7) is 4.00. The van der Waals surface area contributed by atoms with Crippen molar-refractivity contribution < 1.29 is 34.2 Å². The van der Waals surface area contributed by atoms with Crippen LogP contribution >= 0.6 is 11.8 Å². The van der Waals surface area contributed by atoms with Crippen molar-refractivity contribution in [1.82, 2.24) is 15.5 Å². The second-order valence-corrected chi connectivity index (χ2v) is 9.25. The second-order valence-electron chi connectivity index (χ2n) is 8.27. The van der Waals surface area contributed by atoms with Crippen molar-refractivity contribution in [2.45, 2.75) is 70.1 Å². The zero-order valence-electron chi connectivity index (χ0n) is 18.7. The van der Waals surface area contributed by atoms with Gasteiger partial charge in [-0.05, 0) is 43.6 Å². The van der Waals surface area contributed by atoms with Crippen LogP contribution in [0.2, 0.25) is 0 Å². The van der Waals surface area contributed by atoms with Gasteiger partial charge in [0.2, 0.25) is 17.7 Å². The lowest BCUT2D eigenvalue weighted by molar-refractivity contribution is -0.149. The quantitative estimate of drug-likeness (QED) is 0.238. The van der Waals surface area contributed by atoms with Crippen LogP contribution in [0.3, 0.4) is 0 Å². The summed E-state index contributed by atoms with van der Waals surface area (Å²) in [5.41, 5.74) is 5.60. The van der Waals surface area contributed by atoms with Crippen molar-refractivity contribution in [3.63, 3.8) is 0 Å². The average Bonchev–Trinajstić information content (AvgIpc) is 3.19. The molecule has 12 heteroatoms. The van der Waals surface area contributed by atoms with Gasteiger partial charge in [-0.1, -0.05) is 13.8 Å². The standard InChI is InChI=1S/C20H34N4O7S/c1-11(2)9-14(23-17(27)12(21)10-16(25)26)18(28)22-13(6-8-32-3)19(29)24-7-4-5-15(24)20(30)31/h11-15H,4-10,21H2,1-3H3,(H,22,28)(H,23,27)(H,25,26)(H,30,31). The largest absolute Gasteiger partial charge is 0.481 e. The van der Waals surface area contributed by atoms with Gasteiger partial charge in [0.1, 0.15) is 18.1 Å². The lowest BCUT2D eigenvalue weighted by Gasteiger charge is -2.29. The number of rotatable bonds is 13. The zero-order chi connectivity index (χ0) is 24.4. The Labute approximate surface area is 191 Å². The first-order valence-corrected chi connectivity index (χ1v) is 12.0. The maximum Gasteiger partial charge on any atom is 0.326 e. The zero-order valence-corrected chi connectivity index (χ0v) is 19.5. The number of carboxylic acids is 2. The van der Waals surface area contributed by atoms with Gasteiger partial charge in [0.15, 0.2) is 0 Å². The molecule has 1 aliphatic heterocycles. The molecule has 11 nitrogen and oxygen atoms in total. The van der Waals surface area contributed by atoms with Crippen LogP contribution in [0.4, 0.5) is 0 Å². The molecule has 1 saturated heterocycles. The highest BCUT2D eigenvalue weighted by Crippen LogP contribution is 2.20. The molecular formula is C20H34N4O7S. The number of hydrogen-bond donors (Lipinski definition) is 5. The molecule has 0 spiro atoms. The summed E-state index contributed by atoms with van der Waals surface area (Å²) in [6, 6.07) is -4.18. The van der Waals surface area contributed by atoms with E-state index in [1.54, 1.807) is 0 Å². The number of nitrogens with zero attached hydrogens (tertiary/aromatic N) is 1. The molecule has 32 heavy (non-hydrogen) atoms. The molecule has 0 bridgehead atoms. The molecule has 0 aromatic carbocycles. The fourth-order valence-corrected chi connectivity index (χ4v) is 3.99. The van der Waals surface area contributed by atoms with Crippen LogP contribution in [0, 0.1) is 5.92 Å². The van der Waals surface area contributed by atoms with Crippen LogP contribution in [0.25, 0.3) is 0 Å². The second kappa shape index (κ2) is 13.3. The summed E-state index contributed by atoms with van der Waals surface area (Å²) in [7, 11) is 0. The Morgan fingerprint density at radius 2 is 1.72 bits per heavy atom. The van der Waals surface area contributed by atoms with E-state index in [-0.39, 0.29) is 12.3 Å². The average molecular weight is 475 g/mol. The lowest BCUT2D eigenvalue weighted by atomic mass is 10.0. The first kappa shape index (κ1) is 27.7. The van der Waals surface area contributed by atoms with Crippen molar-refractivity contribution in [2.75, 3.05) is 18.6 Å². The Hall–Kier alpha value is -2.34. The normalized spacial score (nSPS) is 18.7. The minimum Gasteiger partial charge on any atom is -0.481 e. The van der Waals surface area contributed by atoms with Gasteiger partial charge in [-0.15, -0.1) is 0 Å². The third kappa shape index (κ3) is 8.65. The molecule has 3 amide bonds. The number of thioether (sulfide) groups is 1. The van der Waals surface area contributed by atoms with Gasteiger partial charge in [0.25, 0.3) is 0 Å². The van der Waals surface area contributed by atoms with E-state index in [9.17, 15) is 29.1 Å². The van der Waals surface area contributed by atoms with Crippen molar-refractivity contribution in [1.29, 1.82) is 0 Å². The maximum atomic E-state index is 13.1. The van der Waals surface area contributed by atoms with E-state index in [0.717, 1.165) is 0 Å². The van der Waals surface area contributed by atoms with Gasteiger partial charge in [-0.3, -0.25) is 19.2 Å². The predicted octanol–water partition coefficient (Wildman–Crippen LogP) is -0.367. The highest BCUT2D eigenvalue weighted by atomic mass is 32.2. The Balaban J connectivity index is 2.97. The van der Waals surface area contributed by atoms with E-state index in [1.807, 2.05) is 20.1 Å². The van der Waals surface area contributed by atoms with Gasteiger partial charge in [0.05, 0.1) is 12.5 Å². The fourth-order valence-electron chi connectivity index (χ4n) is 3.52. The van der Waals surface area contributed by atoms with Crippen molar-refractivity contribution in [3.8, 4) is 0 Å². The molecule has 1 fully saturated rings. The molecule has 0 aliphatic carbocycles. The van der Waals surface area contributed by atoms with E-state index < -0.39 is 60.2 Å². The van der Waals surface area contributed by atoms with Crippen LogP contribution in [-0.4, -0.2) is 87.5 Å². The van der Waals surface area contributed by atoms with E-state index in [1.165, 1.54) is 16.7 Å². The summed E-state index contributed by atoms with van der Waals surface area (Å²) in [5, 5.41) is 23.4. The topological polar surface area (TPSA) is 179 Å². The van der Waals surface area contributed by atoms with Crippen LogP contribution in [0.5, 0.6) is 0 Å². The summed E-state index contributed by atoms with van der Waals surface area (Å²) in [5.74, 6) is -3.58. The highest BCUT2D eigenvalue weighted by molar-refractivity contribution is 7.98. The van der Waals surface area contributed by atoms with Gasteiger partial charge in [-0.2, -0.15) is 11.8 Å². The molecule has 0 aromatic rings. The molecule has 0 saturated carbocycles. The maximum absolute atomic E-state index is 13.1.